The molecule has 0 aliphatic rings. The number of ether oxygens (including phenoxy) is 1. The molecule has 0 N–H and O–H groups in total. The molecular formula is C12H18OS. The molecule has 0 heterocycles. The Balaban J connectivity index is 2.50. The van der Waals surface area contributed by atoms with Crippen LogP contribution in [0.3, 0.4) is 0 Å². The van der Waals surface area contributed by atoms with Crippen LogP contribution in [0.15, 0.2) is 24.3 Å². The first-order valence-electron chi connectivity index (χ1n) is 5.08. The Hall–Kier alpha value is -0.630. The summed E-state index contributed by atoms with van der Waals surface area (Å²) in [7, 11) is 0. The highest BCUT2D eigenvalue weighted by Gasteiger charge is 2.00. The molecule has 1 rings (SSSR count). The van der Waals surface area contributed by atoms with E-state index in [9.17, 15) is 0 Å². The molecule has 0 spiro atoms. The van der Waals surface area contributed by atoms with Crippen LogP contribution in [-0.2, 0) is 6.42 Å². The van der Waals surface area contributed by atoms with Crippen LogP contribution in [0.2, 0.25) is 0 Å². The van der Waals surface area contributed by atoms with Crippen molar-refractivity contribution in [1.82, 2.24) is 0 Å². The van der Waals surface area contributed by atoms with Crippen molar-refractivity contribution < 1.29 is 4.74 Å². The number of hydrogen-bond acceptors (Lipinski definition) is 2. The molecule has 1 nitrogen and oxygen atoms in total. The van der Waals surface area contributed by atoms with E-state index in [2.05, 4.69) is 38.6 Å². The Kier molecular flexibility index (Phi) is 4.88. The van der Waals surface area contributed by atoms with Crippen LogP contribution in [0, 0.1) is 5.92 Å². The fourth-order valence-electron chi connectivity index (χ4n) is 1.15. The maximum atomic E-state index is 5.65. The lowest BCUT2D eigenvalue weighted by Gasteiger charge is -2.11. The Labute approximate surface area is 91.9 Å². The number of thiol groups is 1. The van der Waals surface area contributed by atoms with Crippen LogP contribution in [0.25, 0.3) is 0 Å². The summed E-state index contributed by atoms with van der Waals surface area (Å²) in [5.74, 6) is 2.34. The van der Waals surface area contributed by atoms with Crippen LogP contribution >= 0.6 is 12.6 Å². The van der Waals surface area contributed by atoms with Gasteiger partial charge in [-0.1, -0.05) is 26.0 Å². The lowest BCUT2D eigenvalue weighted by molar-refractivity contribution is 0.273. The lowest BCUT2D eigenvalue weighted by atomic mass is 10.2. The molecule has 0 aliphatic heterocycles. The van der Waals surface area contributed by atoms with Crippen molar-refractivity contribution in [1.29, 1.82) is 0 Å². The van der Waals surface area contributed by atoms with Gasteiger partial charge in [0.25, 0.3) is 0 Å². The minimum Gasteiger partial charge on any atom is -0.493 e. The lowest BCUT2D eigenvalue weighted by Crippen LogP contribution is -2.09. The van der Waals surface area contributed by atoms with Crippen LogP contribution in [0.1, 0.15) is 19.4 Å². The van der Waals surface area contributed by atoms with Gasteiger partial charge in [-0.3, -0.25) is 0 Å². The average molecular weight is 210 g/mol. The van der Waals surface area contributed by atoms with E-state index in [-0.39, 0.29) is 0 Å². The average Bonchev–Trinajstić information content (AvgIpc) is 2.26. The number of aryl methyl sites for hydroxylation is 1. The maximum absolute atomic E-state index is 5.65. The first-order chi connectivity index (χ1) is 6.76. The predicted octanol–water partition coefficient (Wildman–Crippen LogP) is 3.19. The van der Waals surface area contributed by atoms with E-state index in [1.807, 2.05) is 12.1 Å². The molecule has 1 atom stereocenters. The molecule has 78 valence electrons. The third-order valence-corrected chi connectivity index (χ3v) is 2.78. The predicted molar refractivity (Wildman–Crippen MR) is 64.3 cm³/mol. The van der Waals surface area contributed by atoms with E-state index in [1.54, 1.807) is 0 Å². The normalized spacial score (nSPS) is 12.5. The largest absolute Gasteiger partial charge is 0.493 e. The summed E-state index contributed by atoms with van der Waals surface area (Å²) in [5, 5.41) is 0. The molecule has 1 aromatic rings. The van der Waals surface area contributed by atoms with E-state index >= 15 is 0 Å². The molecule has 0 saturated carbocycles. The summed E-state index contributed by atoms with van der Waals surface area (Å²) in [6.45, 7) is 5.03. The highest BCUT2D eigenvalue weighted by Crippen LogP contribution is 2.14. The quantitative estimate of drug-likeness (QED) is 0.734. The zero-order valence-corrected chi connectivity index (χ0v) is 9.76. The molecule has 0 aromatic heterocycles. The Morgan fingerprint density at radius 3 is 2.86 bits per heavy atom. The van der Waals surface area contributed by atoms with Gasteiger partial charge in [0.1, 0.15) is 5.75 Å². The van der Waals surface area contributed by atoms with Crippen molar-refractivity contribution >= 4 is 12.6 Å². The summed E-state index contributed by atoms with van der Waals surface area (Å²) in [5.41, 5.74) is 1.32. The molecule has 0 bridgehead atoms. The van der Waals surface area contributed by atoms with Gasteiger partial charge >= 0.3 is 0 Å². The number of rotatable bonds is 5. The highest BCUT2D eigenvalue weighted by molar-refractivity contribution is 7.80. The molecular weight excluding hydrogens is 192 g/mol. The summed E-state index contributed by atoms with van der Waals surface area (Å²) < 4.78 is 5.65. The summed E-state index contributed by atoms with van der Waals surface area (Å²) in [6.07, 6.45) is 1.05. The Morgan fingerprint density at radius 1 is 1.43 bits per heavy atom. The second-order valence-corrected chi connectivity index (χ2v) is 3.96. The van der Waals surface area contributed by atoms with Crippen LogP contribution in [0.5, 0.6) is 5.75 Å². The first-order valence-corrected chi connectivity index (χ1v) is 5.72. The van der Waals surface area contributed by atoms with Gasteiger partial charge in [0, 0.05) is 0 Å². The van der Waals surface area contributed by atoms with Crippen molar-refractivity contribution in [3.63, 3.8) is 0 Å². The molecule has 0 fully saturated rings. The topological polar surface area (TPSA) is 9.23 Å². The Morgan fingerprint density at radius 2 is 2.21 bits per heavy atom. The molecule has 1 unspecified atom stereocenters. The fourth-order valence-corrected chi connectivity index (χ4v) is 1.25. The molecule has 1 aromatic carbocycles. The molecule has 14 heavy (non-hydrogen) atoms. The minimum atomic E-state index is 0.503. The third-order valence-electron chi connectivity index (χ3n) is 2.15. The summed E-state index contributed by atoms with van der Waals surface area (Å²) >= 11 is 4.22. The van der Waals surface area contributed by atoms with Gasteiger partial charge in [0.05, 0.1) is 6.61 Å². The zero-order valence-electron chi connectivity index (χ0n) is 8.86. The van der Waals surface area contributed by atoms with Gasteiger partial charge in [0.15, 0.2) is 0 Å². The number of benzene rings is 1. The van der Waals surface area contributed by atoms with Crippen LogP contribution < -0.4 is 4.74 Å². The van der Waals surface area contributed by atoms with Gasteiger partial charge in [-0.15, -0.1) is 0 Å². The SMILES string of the molecule is CCc1cccc(OCC(C)CS)c1. The monoisotopic (exact) mass is 210 g/mol. The van der Waals surface area contributed by atoms with Gasteiger partial charge in [-0.25, -0.2) is 0 Å². The molecule has 2 heteroatoms. The van der Waals surface area contributed by atoms with E-state index in [0.717, 1.165) is 24.5 Å². The fraction of sp³-hybridized carbons (Fsp3) is 0.500. The van der Waals surface area contributed by atoms with Gasteiger partial charge in [-0.2, -0.15) is 12.6 Å². The van der Waals surface area contributed by atoms with Gasteiger partial charge in [-0.05, 0) is 35.8 Å². The molecule has 0 aliphatic carbocycles. The first kappa shape index (κ1) is 11.4. The Bertz CT molecular complexity index is 273. The maximum Gasteiger partial charge on any atom is 0.119 e. The molecule has 0 saturated heterocycles. The van der Waals surface area contributed by atoms with E-state index < -0.39 is 0 Å². The van der Waals surface area contributed by atoms with Crippen molar-refractivity contribution in [2.24, 2.45) is 5.92 Å². The third kappa shape index (κ3) is 3.62. The van der Waals surface area contributed by atoms with Crippen molar-refractivity contribution in [3.8, 4) is 5.75 Å². The van der Waals surface area contributed by atoms with Crippen LogP contribution in [0.4, 0.5) is 0 Å². The standard InChI is InChI=1S/C12H18OS/c1-3-11-5-4-6-12(7-11)13-8-10(2)9-14/h4-7,10,14H,3,8-9H2,1-2H3. The van der Waals surface area contributed by atoms with Crippen molar-refractivity contribution in [3.05, 3.63) is 29.8 Å². The molecule has 0 radical (unpaired) electrons. The minimum absolute atomic E-state index is 0.503. The smallest absolute Gasteiger partial charge is 0.119 e. The zero-order chi connectivity index (χ0) is 10.4. The second-order valence-electron chi connectivity index (χ2n) is 3.60. The second kappa shape index (κ2) is 5.97. The van der Waals surface area contributed by atoms with Gasteiger partial charge < -0.3 is 4.74 Å². The van der Waals surface area contributed by atoms with E-state index in [4.69, 9.17) is 4.74 Å². The van der Waals surface area contributed by atoms with Crippen molar-refractivity contribution in [2.45, 2.75) is 20.3 Å². The van der Waals surface area contributed by atoms with Gasteiger partial charge in [0.2, 0.25) is 0 Å². The summed E-state index contributed by atoms with van der Waals surface area (Å²) in [4.78, 5) is 0. The summed E-state index contributed by atoms with van der Waals surface area (Å²) in [6, 6.07) is 8.27. The van der Waals surface area contributed by atoms with E-state index in [1.165, 1.54) is 5.56 Å². The van der Waals surface area contributed by atoms with Crippen molar-refractivity contribution in [2.75, 3.05) is 12.4 Å². The van der Waals surface area contributed by atoms with E-state index in [0.29, 0.717) is 5.92 Å². The van der Waals surface area contributed by atoms with Crippen LogP contribution in [-0.4, -0.2) is 12.4 Å². The molecule has 0 amide bonds. The number of hydrogen-bond donors (Lipinski definition) is 1. The highest BCUT2D eigenvalue weighted by atomic mass is 32.1.